The van der Waals surface area contributed by atoms with Crippen molar-refractivity contribution in [2.45, 2.75) is 26.2 Å². The summed E-state index contributed by atoms with van der Waals surface area (Å²) < 4.78 is 10.6. The second kappa shape index (κ2) is 4.35. The van der Waals surface area contributed by atoms with Crippen LogP contribution in [0.4, 0.5) is 6.01 Å². The first-order valence-electron chi connectivity index (χ1n) is 5.23. The van der Waals surface area contributed by atoms with Crippen LogP contribution >= 0.6 is 0 Å². The van der Waals surface area contributed by atoms with Gasteiger partial charge in [-0.25, -0.2) is 0 Å². The Labute approximate surface area is 83.9 Å². The summed E-state index contributed by atoms with van der Waals surface area (Å²) in [5.41, 5.74) is 0. The number of rotatable bonds is 3. The number of anilines is 1. The number of piperidine rings is 1. The van der Waals surface area contributed by atoms with E-state index in [2.05, 4.69) is 9.88 Å². The highest BCUT2D eigenvalue weighted by atomic mass is 16.5. The molecule has 0 atom stereocenters. The minimum atomic E-state index is 0.591. The Bertz CT molecular complexity index is 279. The van der Waals surface area contributed by atoms with E-state index in [0.717, 1.165) is 13.1 Å². The monoisotopic (exact) mass is 196 g/mol. The second-order valence-corrected chi connectivity index (χ2v) is 3.45. The van der Waals surface area contributed by atoms with Crippen molar-refractivity contribution in [1.82, 2.24) is 4.98 Å². The summed E-state index contributed by atoms with van der Waals surface area (Å²) in [7, 11) is 0. The largest absolute Gasteiger partial charge is 0.476 e. The van der Waals surface area contributed by atoms with E-state index in [4.69, 9.17) is 9.15 Å². The van der Waals surface area contributed by atoms with Crippen LogP contribution in [0.5, 0.6) is 5.88 Å². The van der Waals surface area contributed by atoms with Crippen molar-refractivity contribution in [1.29, 1.82) is 0 Å². The zero-order valence-corrected chi connectivity index (χ0v) is 8.53. The molecule has 0 N–H and O–H groups in total. The molecule has 1 aromatic rings. The molecule has 4 nitrogen and oxygen atoms in total. The predicted molar refractivity (Wildman–Crippen MR) is 53.7 cm³/mol. The first kappa shape index (κ1) is 9.37. The van der Waals surface area contributed by atoms with E-state index in [1.165, 1.54) is 19.3 Å². The van der Waals surface area contributed by atoms with E-state index in [9.17, 15) is 0 Å². The molecule has 0 unspecified atom stereocenters. The molecule has 4 heteroatoms. The second-order valence-electron chi connectivity index (χ2n) is 3.45. The predicted octanol–water partition coefficient (Wildman–Crippen LogP) is 2.06. The van der Waals surface area contributed by atoms with Crippen LogP contribution in [0.3, 0.4) is 0 Å². The lowest BCUT2D eigenvalue weighted by atomic mass is 10.1. The van der Waals surface area contributed by atoms with Crippen LogP contribution in [0.15, 0.2) is 10.7 Å². The van der Waals surface area contributed by atoms with Crippen LogP contribution in [0, 0.1) is 0 Å². The van der Waals surface area contributed by atoms with Crippen molar-refractivity contribution in [3.05, 3.63) is 6.26 Å². The van der Waals surface area contributed by atoms with Crippen LogP contribution in [-0.4, -0.2) is 24.7 Å². The van der Waals surface area contributed by atoms with Crippen LogP contribution in [0.25, 0.3) is 0 Å². The normalized spacial score (nSPS) is 17.1. The summed E-state index contributed by atoms with van der Waals surface area (Å²) in [4.78, 5) is 6.43. The molecule has 2 rings (SSSR count). The molecular weight excluding hydrogens is 180 g/mol. The Balaban J connectivity index is 2.00. The van der Waals surface area contributed by atoms with Gasteiger partial charge in [-0.2, -0.15) is 4.98 Å². The number of nitrogens with zero attached hydrogens (tertiary/aromatic N) is 2. The van der Waals surface area contributed by atoms with E-state index in [-0.39, 0.29) is 0 Å². The highest BCUT2D eigenvalue weighted by molar-refractivity contribution is 5.29. The van der Waals surface area contributed by atoms with Crippen molar-refractivity contribution >= 4 is 6.01 Å². The van der Waals surface area contributed by atoms with Gasteiger partial charge in [-0.3, -0.25) is 0 Å². The van der Waals surface area contributed by atoms with E-state index < -0.39 is 0 Å². The fraction of sp³-hybridized carbons (Fsp3) is 0.700. The van der Waals surface area contributed by atoms with Crippen molar-refractivity contribution in [3.8, 4) is 5.88 Å². The molecule has 14 heavy (non-hydrogen) atoms. The molecule has 0 bridgehead atoms. The average Bonchev–Trinajstić information content (AvgIpc) is 2.68. The fourth-order valence-electron chi connectivity index (χ4n) is 1.69. The molecule has 0 radical (unpaired) electrons. The third kappa shape index (κ3) is 2.00. The Hall–Kier alpha value is -1.19. The van der Waals surface area contributed by atoms with Gasteiger partial charge in [-0.05, 0) is 26.2 Å². The molecular formula is C10H16N2O2. The summed E-state index contributed by atoms with van der Waals surface area (Å²) in [6, 6.07) is 0.702. The van der Waals surface area contributed by atoms with E-state index in [0.29, 0.717) is 18.5 Å². The summed E-state index contributed by atoms with van der Waals surface area (Å²) in [6.45, 7) is 4.67. The van der Waals surface area contributed by atoms with E-state index in [1.807, 2.05) is 6.92 Å². The van der Waals surface area contributed by atoms with E-state index >= 15 is 0 Å². The maximum atomic E-state index is 5.35. The molecule has 0 spiro atoms. The molecule has 2 heterocycles. The van der Waals surface area contributed by atoms with Crippen LogP contribution in [-0.2, 0) is 0 Å². The number of hydrogen-bond donors (Lipinski definition) is 0. The van der Waals surface area contributed by atoms with Crippen molar-refractivity contribution < 1.29 is 9.15 Å². The lowest BCUT2D eigenvalue weighted by Crippen LogP contribution is -2.29. The number of ether oxygens (including phenoxy) is 1. The minimum absolute atomic E-state index is 0.591. The fourth-order valence-corrected chi connectivity index (χ4v) is 1.69. The number of oxazole rings is 1. The maximum Gasteiger partial charge on any atom is 0.300 e. The molecule has 1 aromatic heterocycles. The van der Waals surface area contributed by atoms with Gasteiger partial charge in [0.05, 0.1) is 6.61 Å². The SMILES string of the molecule is CCOc1coc(N2CCCCC2)n1. The van der Waals surface area contributed by atoms with Crippen molar-refractivity contribution in [2.24, 2.45) is 0 Å². The maximum absolute atomic E-state index is 5.35. The van der Waals surface area contributed by atoms with Gasteiger partial charge < -0.3 is 14.1 Å². The third-order valence-electron chi connectivity index (χ3n) is 2.39. The third-order valence-corrected chi connectivity index (χ3v) is 2.39. The minimum Gasteiger partial charge on any atom is -0.476 e. The lowest BCUT2D eigenvalue weighted by molar-refractivity contribution is 0.325. The Kier molecular flexibility index (Phi) is 2.91. The van der Waals surface area contributed by atoms with Gasteiger partial charge in [0.2, 0.25) is 0 Å². The van der Waals surface area contributed by atoms with Gasteiger partial charge in [0.25, 0.3) is 5.88 Å². The van der Waals surface area contributed by atoms with Gasteiger partial charge in [0.1, 0.15) is 0 Å². The number of aromatic nitrogens is 1. The molecule has 1 fully saturated rings. The Morgan fingerprint density at radius 3 is 2.93 bits per heavy atom. The van der Waals surface area contributed by atoms with Crippen molar-refractivity contribution in [2.75, 3.05) is 24.6 Å². The highest BCUT2D eigenvalue weighted by Gasteiger charge is 2.15. The van der Waals surface area contributed by atoms with Gasteiger partial charge in [-0.15, -0.1) is 0 Å². The summed E-state index contributed by atoms with van der Waals surface area (Å²) >= 11 is 0. The lowest BCUT2D eigenvalue weighted by Gasteiger charge is -2.24. The molecule has 1 aliphatic rings. The zero-order valence-electron chi connectivity index (χ0n) is 8.53. The highest BCUT2D eigenvalue weighted by Crippen LogP contribution is 2.21. The zero-order chi connectivity index (χ0) is 9.80. The molecule has 0 saturated carbocycles. The molecule has 0 aliphatic carbocycles. The quantitative estimate of drug-likeness (QED) is 0.741. The van der Waals surface area contributed by atoms with Crippen LogP contribution in [0.2, 0.25) is 0 Å². The van der Waals surface area contributed by atoms with Gasteiger partial charge >= 0.3 is 6.01 Å². The Morgan fingerprint density at radius 2 is 2.21 bits per heavy atom. The number of hydrogen-bond acceptors (Lipinski definition) is 4. The van der Waals surface area contributed by atoms with Crippen LogP contribution < -0.4 is 9.64 Å². The van der Waals surface area contributed by atoms with Gasteiger partial charge in [-0.1, -0.05) is 0 Å². The molecule has 0 aromatic carbocycles. The molecule has 0 amide bonds. The topological polar surface area (TPSA) is 38.5 Å². The molecule has 78 valence electrons. The first-order valence-corrected chi connectivity index (χ1v) is 5.23. The van der Waals surface area contributed by atoms with Gasteiger partial charge in [0.15, 0.2) is 6.26 Å². The standard InChI is InChI=1S/C10H16N2O2/c1-2-13-9-8-14-10(11-9)12-6-4-3-5-7-12/h8H,2-7H2,1H3. The van der Waals surface area contributed by atoms with Crippen molar-refractivity contribution in [3.63, 3.8) is 0 Å². The molecule has 1 aliphatic heterocycles. The first-order chi connectivity index (χ1) is 6.90. The average molecular weight is 196 g/mol. The summed E-state index contributed by atoms with van der Waals surface area (Å²) in [5, 5.41) is 0. The smallest absolute Gasteiger partial charge is 0.300 e. The van der Waals surface area contributed by atoms with E-state index in [1.54, 1.807) is 6.26 Å². The molecule has 1 saturated heterocycles. The van der Waals surface area contributed by atoms with Crippen LogP contribution in [0.1, 0.15) is 26.2 Å². The summed E-state index contributed by atoms with van der Waals surface area (Å²) in [5.74, 6) is 0.591. The van der Waals surface area contributed by atoms with Gasteiger partial charge in [0, 0.05) is 13.1 Å². The Morgan fingerprint density at radius 1 is 1.43 bits per heavy atom. The summed E-state index contributed by atoms with van der Waals surface area (Å²) in [6.07, 6.45) is 5.35.